The standard InChI is InChI=1S/C15H18N4O/c1-11-5-2-3-6-12(11)9-17-10-13-7-4-8-18-14(13)15(16)19-20/h2-8,17,20H,9-10H2,1H3,(H2,16,19). The fraction of sp³-hybridized carbons (Fsp3) is 0.200. The average Bonchev–Trinajstić information content (AvgIpc) is 2.49. The predicted octanol–water partition coefficient (Wildman–Crippen LogP) is 1.77. The topological polar surface area (TPSA) is 83.5 Å². The number of rotatable bonds is 5. The summed E-state index contributed by atoms with van der Waals surface area (Å²) >= 11 is 0. The molecule has 0 aliphatic heterocycles. The number of nitrogens with zero attached hydrogens (tertiary/aromatic N) is 2. The Morgan fingerprint density at radius 1 is 1.20 bits per heavy atom. The van der Waals surface area contributed by atoms with Gasteiger partial charge in [-0.25, -0.2) is 0 Å². The summed E-state index contributed by atoms with van der Waals surface area (Å²) in [5.74, 6) is 0.0262. The van der Waals surface area contributed by atoms with Gasteiger partial charge in [0.05, 0.1) is 0 Å². The van der Waals surface area contributed by atoms with E-state index < -0.39 is 0 Å². The maximum absolute atomic E-state index is 8.76. The second-order valence-corrected chi connectivity index (χ2v) is 4.53. The molecule has 0 bridgehead atoms. The second kappa shape index (κ2) is 6.68. The van der Waals surface area contributed by atoms with Gasteiger partial charge in [0.2, 0.25) is 0 Å². The Kier molecular flexibility index (Phi) is 4.68. The highest BCUT2D eigenvalue weighted by atomic mass is 16.4. The third-order valence-corrected chi connectivity index (χ3v) is 3.13. The van der Waals surface area contributed by atoms with Crippen molar-refractivity contribution in [2.75, 3.05) is 0 Å². The van der Waals surface area contributed by atoms with Gasteiger partial charge in [-0.15, -0.1) is 0 Å². The quantitative estimate of drug-likeness (QED) is 0.335. The molecule has 104 valence electrons. The van der Waals surface area contributed by atoms with E-state index in [2.05, 4.69) is 34.5 Å². The molecule has 20 heavy (non-hydrogen) atoms. The lowest BCUT2D eigenvalue weighted by molar-refractivity contribution is 0.318. The lowest BCUT2D eigenvalue weighted by Crippen LogP contribution is -2.21. The number of aromatic nitrogens is 1. The highest BCUT2D eigenvalue weighted by molar-refractivity contribution is 5.96. The molecule has 0 spiro atoms. The zero-order valence-corrected chi connectivity index (χ0v) is 11.4. The fourth-order valence-electron chi connectivity index (χ4n) is 2.00. The normalized spacial score (nSPS) is 11.6. The summed E-state index contributed by atoms with van der Waals surface area (Å²) in [6.07, 6.45) is 1.62. The van der Waals surface area contributed by atoms with Crippen molar-refractivity contribution in [2.24, 2.45) is 10.9 Å². The van der Waals surface area contributed by atoms with Gasteiger partial charge in [-0.1, -0.05) is 35.5 Å². The van der Waals surface area contributed by atoms with Crippen molar-refractivity contribution in [2.45, 2.75) is 20.0 Å². The molecule has 0 fully saturated rings. The molecule has 0 amide bonds. The van der Waals surface area contributed by atoms with Crippen LogP contribution in [-0.4, -0.2) is 16.0 Å². The molecule has 2 aromatic rings. The molecule has 1 heterocycles. The molecule has 1 aromatic carbocycles. The average molecular weight is 270 g/mol. The molecule has 5 heteroatoms. The summed E-state index contributed by atoms with van der Waals surface area (Å²) in [6.45, 7) is 3.45. The number of hydrogen-bond acceptors (Lipinski definition) is 4. The largest absolute Gasteiger partial charge is 0.409 e. The van der Waals surface area contributed by atoms with Crippen LogP contribution >= 0.6 is 0 Å². The number of nitrogens with one attached hydrogen (secondary N) is 1. The van der Waals surface area contributed by atoms with Crippen LogP contribution in [0.5, 0.6) is 0 Å². The Bertz CT molecular complexity index is 610. The van der Waals surface area contributed by atoms with E-state index in [1.807, 2.05) is 24.3 Å². The predicted molar refractivity (Wildman–Crippen MR) is 78.5 cm³/mol. The number of benzene rings is 1. The minimum absolute atomic E-state index is 0.0262. The van der Waals surface area contributed by atoms with E-state index in [1.165, 1.54) is 11.1 Å². The lowest BCUT2D eigenvalue weighted by atomic mass is 10.1. The van der Waals surface area contributed by atoms with Gasteiger partial charge in [0.25, 0.3) is 0 Å². The van der Waals surface area contributed by atoms with Gasteiger partial charge in [0, 0.05) is 19.3 Å². The van der Waals surface area contributed by atoms with Crippen LogP contribution in [0.1, 0.15) is 22.4 Å². The van der Waals surface area contributed by atoms with Crippen molar-refractivity contribution in [1.82, 2.24) is 10.3 Å². The highest BCUT2D eigenvalue weighted by Gasteiger charge is 2.07. The summed E-state index contributed by atoms with van der Waals surface area (Å²) < 4.78 is 0. The van der Waals surface area contributed by atoms with Crippen molar-refractivity contribution in [1.29, 1.82) is 0 Å². The Morgan fingerprint density at radius 3 is 2.65 bits per heavy atom. The number of nitrogens with two attached hydrogens (primary N) is 1. The van der Waals surface area contributed by atoms with Gasteiger partial charge >= 0.3 is 0 Å². The molecule has 0 radical (unpaired) electrons. The van der Waals surface area contributed by atoms with Crippen LogP contribution in [0.3, 0.4) is 0 Å². The van der Waals surface area contributed by atoms with Crippen molar-refractivity contribution >= 4 is 5.84 Å². The van der Waals surface area contributed by atoms with E-state index in [0.29, 0.717) is 12.2 Å². The molecule has 0 atom stereocenters. The molecular weight excluding hydrogens is 252 g/mol. The summed E-state index contributed by atoms with van der Waals surface area (Å²) in [5, 5.41) is 15.1. The smallest absolute Gasteiger partial charge is 0.189 e. The van der Waals surface area contributed by atoms with Gasteiger partial charge in [0.15, 0.2) is 5.84 Å². The van der Waals surface area contributed by atoms with Crippen LogP contribution in [-0.2, 0) is 13.1 Å². The maximum atomic E-state index is 8.76. The first-order chi connectivity index (χ1) is 9.72. The summed E-state index contributed by atoms with van der Waals surface area (Å²) in [6, 6.07) is 12.0. The maximum Gasteiger partial charge on any atom is 0.189 e. The number of hydrogen-bond donors (Lipinski definition) is 3. The van der Waals surface area contributed by atoms with Gasteiger partial charge < -0.3 is 16.3 Å². The van der Waals surface area contributed by atoms with Crippen LogP contribution < -0.4 is 11.1 Å². The van der Waals surface area contributed by atoms with E-state index in [1.54, 1.807) is 6.20 Å². The lowest BCUT2D eigenvalue weighted by Gasteiger charge is -2.10. The number of pyridine rings is 1. The van der Waals surface area contributed by atoms with Crippen molar-refractivity contribution in [3.63, 3.8) is 0 Å². The molecule has 0 aliphatic carbocycles. The van der Waals surface area contributed by atoms with Crippen LogP contribution in [0.2, 0.25) is 0 Å². The molecule has 0 saturated carbocycles. The SMILES string of the molecule is Cc1ccccc1CNCc1cccnc1C(N)=NO. The highest BCUT2D eigenvalue weighted by Crippen LogP contribution is 2.08. The van der Waals surface area contributed by atoms with Crippen LogP contribution in [0.25, 0.3) is 0 Å². The molecule has 4 N–H and O–H groups in total. The Balaban J connectivity index is 2.03. The molecular formula is C15H18N4O. The van der Waals surface area contributed by atoms with E-state index in [-0.39, 0.29) is 5.84 Å². The molecule has 0 saturated heterocycles. The van der Waals surface area contributed by atoms with E-state index in [9.17, 15) is 0 Å². The number of amidine groups is 1. The minimum Gasteiger partial charge on any atom is -0.409 e. The van der Waals surface area contributed by atoms with Crippen molar-refractivity contribution in [3.05, 3.63) is 65.0 Å². The molecule has 0 aliphatic rings. The van der Waals surface area contributed by atoms with Crippen LogP contribution in [0.4, 0.5) is 0 Å². The first-order valence-electron chi connectivity index (χ1n) is 6.39. The Labute approximate surface area is 118 Å². The minimum atomic E-state index is 0.0262. The van der Waals surface area contributed by atoms with E-state index >= 15 is 0 Å². The summed E-state index contributed by atoms with van der Waals surface area (Å²) in [7, 11) is 0. The monoisotopic (exact) mass is 270 g/mol. The van der Waals surface area contributed by atoms with E-state index in [0.717, 1.165) is 12.1 Å². The number of oxime groups is 1. The van der Waals surface area contributed by atoms with Crippen molar-refractivity contribution < 1.29 is 5.21 Å². The first-order valence-corrected chi connectivity index (χ1v) is 6.39. The molecule has 1 aromatic heterocycles. The van der Waals surface area contributed by atoms with Gasteiger partial charge in [0.1, 0.15) is 5.69 Å². The zero-order valence-electron chi connectivity index (χ0n) is 11.4. The summed E-state index contributed by atoms with van der Waals surface area (Å²) in [5.41, 5.74) is 9.52. The van der Waals surface area contributed by atoms with Crippen molar-refractivity contribution in [3.8, 4) is 0 Å². The first kappa shape index (κ1) is 14.0. The Morgan fingerprint density at radius 2 is 1.90 bits per heavy atom. The third-order valence-electron chi connectivity index (χ3n) is 3.13. The van der Waals surface area contributed by atoms with Crippen LogP contribution in [0, 0.1) is 6.92 Å². The number of aryl methyl sites for hydroxylation is 1. The third kappa shape index (κ3) is 3.33. The molecule has 0 unspecified atom stereocenters. The molecule has 2 rings (SSSR count). The fourth-order valence-corrected chi connectivity index (χ4v) is 2.00. The Hall–Kier alpha value is -2.40. The van der Waals surface area contributed by atoms with Gasteiger partial charge in [-0.3, -0.25) is 4.98 Å². The van der Waals surface area contributed by atoms with Gasteiger partial charge in [-0.2, -0.15) is 0 Å². The second-order valence-electron chi connectivity index (χ2n) is 4.53. The molecule has 5 nitrogen and oxygen atoms in total. The summed E-state index contributed by atoms with van der Waals surface area (Å²) in [4.78, 5) is 4.14. The van der Waals surface area contributed by atoms with Gasteiger partial charge in [-0.05, 0) is 29.7 Å². The van der Waals surface area contributed by atoms with Crippen LogP contribution in [0.15, 0.2) is 47.8 Å². The van der Waals surface area contributed by atoms with E-state index in [4.69, 9.17) is 10.9 Å². The zero-order chi connectivity index (χ0) is 14.4.